The van der Waals surface area contributed by atoms with Gasteiger partial charge in [0.15, 0.2) is 0 Å². The fourth-order valence-corrected chi connectivity index (χ4v) is 3.44. The van der Waals surface area contributed by atoms with Crippen LogP contribution in [0.25, 0.3) is 0 Å². The number of hydrogen-bond donors (Lipinski definition) is 1. The second-order valence-corrected chi connectivity index (χ2v) is 5.55. The highest BCUT2D eigenvalue weighted by Gasteiger charge is 2.41. The second-order valence-electron chi connectivity index (χ2n) is 5.55. The summed E-state index contributed by atoms with van der Waals surface area (Å²) in [5.41, 5.74) is 2.61. The number of benzene rings is 2. The largest absolute Gasteiger partial charge is 0.493 e. The minimum absolute atomic E-state index is 0.248. The molecule has 3 heteroatoms. The number of rotatable bonds is 1. The van der Waals surface area contributed by atoms with Gasteiger partial charge in [-0.2, -0.15) is 0 Å². The van der Waals surface area contributed by atoms with Crippen LogP contribution in [0.3, 0.4) is 0 Å². The topological polar surface area (TPSA) is 29.5 Å². The van der Waals surface area contributed by atoms with Gasteiger partial charge in [-0.05, 0) is 41.7 Å². The first kappa shape index (κ1) is 11.9. The van der Waals surface area contributed by atoms with Gasteiger partial charge in [0.2, 0.25) is 0 Å². The lowest BCUT2D eigenvalue weighted by Gasteiger charge is -2.26. The van der Waals surface area contributed by atoms with Crippen molar-refractivity contribution in [2.75, 3.05) is 6.61 Å². The van der Waals surface area contributed by atoms with Crippen molar-refractivity contribution >= 4 is 0 Å². The third-order valence-corrected chi connectivity index (χ3v) is 4.43. The summed E-state index contributed by atoms with van der Waals surface area (Å²) in [5.74, 6) is 0.565. The van der Waals surface area contributed by atoms with E-state index < -0.39 is 5.60 Å². The fourth-order valence-electron chi connectivity index (χ4n) is 3.44. The fraction of sp³-hybridized carbons (Fsp3) is 0.294. The highest BCUT2D eigenvalue weighted by Crippen LogP contribution is 2.47. The van der Waals surface area contributed by atoms with E-state index in [1.165, 1.54) is 12.1 Å². The van der Waals surface area contributed by atoms with E-state index in [1.54, 1.807) is 6.07 Å². The van der Waals surface area contributed by atoms with Gasteiger partial charge in [-0.25, -0.2) is 4.39 Å². The molecule has 2 aromatic carbocycles. The summed E-state index contributed by atoms with van der Waals surface area (Å²) < 4.78 is 19.0. The molecule has 0 spiro atoms. The molecule has 0 radical (unpaired) electrons. The molecule has 1 atom stereocenters. The third-order valence-electron chi connectivity index (χ3n) is 4.43. The Hall–Kier alpha value is -1.87. The first-order valence-electron chi connectivity index (χ1n) is 6.95. The van der Waals surface area contributed by atoms with Crippen LogP contribution in [0.1, 0.15) is 28.7 Å². The quantitative estimate of drug-likeness (QED) is 0.863. The molecule has 1 N–H and O–H groups in total. The van der Waals surface area contributed by atoms with Crippen molar-refractivity contribution in [2.24, 2.45) is 0 Å². The van der Waals surface area contributed by atoms with Crippen molar-refractivity contribution < 1.29 is 14.2 Å². The first-order valence-corrected chi connectivity index (χ1v) is 6.95. The summed E-state index contributed by atoms with van der Waals surface area (Å²) in [6.07, 6.45) is 2.15. The number of ether oxygens (including phenoxy) is 1. The average molecular weight is 270 g/mol. The van der Waals surface area contributed by atoms with E-state index in [4.69, 9.17) is 4.74 Å². The summed E-state index contributed by atoms with van der Waals surface area (Å²) in [5, 5.41) is 11.2. The average Bonchev–Trinajstić information content (AvgIpc) is 3.04. The summed E-state index contributed by atoms with van der Waals surface area (Å²) in [6, 6.07) is 10.6. The second kappa shape index (κ2) is 4.06. The molecule has 0 saturated carbocycles. The van der Waals surface area contributed by atoms with Gasteiger partial charge in [-0.1, -0.05) is 24.3 Å². The minimum atomic E-state index is -1.06. The van der Waals surface area contributed by atoms with Crippen LogP contribution in [-0.2, 0) is 18.4 Å². The molecule has 0 amide bonds. The zero-order valence-corrected chi connectivity index (χ0v) is 11.0. The zero-order chi connectivity index (χ0) is 13.7. The molecule has 2 nitrogen and oxygen atoms in total. The molecule has 1 unspecified atom stereocenters. The summed E-state index contributed by atoms with van der Waals surface area (Å²) in [7, 11) is 0. The summed E-state index contributed by atoms with van der Waals surface area (Å²) in [4.78, 5) is 0. The Kier molecular flexibility index (Phi) is 2.42. The zero-order valence-electron chi connectivity index (χ0n) is 11.0. The molecule has 2 aliphatic rings. The monoisotopic (exact) mass is 270 g/mol. The van der Waals surface area contributed by atoms with Crippen LogP contribution in [-0.4, -0.2) is 11.7 Å². The number of hydrogen-bond acceptors (Lipinski definition) is 2. The highest BCUT2D eigenvalue weighted by atomic mass is 19.1. The van der Waals surface area contributed by atoms with E-state index in [0.717, 1.165) is 34.4 Å². The van der Waals surface area contributed by atoms with E-state index in [-0.39, 0.29) is 5.82 Å². The first-order chi connectivity index (χ1) is 9.68. The lowest BCUT2D eigenvalue weighted by Crippen LogP contribution is -2.24. The van der Waals surface area contributed by atoms with Gasteiger partial charge < -0.3 is 9.84 Å². The molecule has 4 rings (SSSR count). The van der Waals surface area contributed by atoms with Crippen molar-refractivity contribution in [3.05, 3.63) is 64.5 Å². The van der Waals surface area contributed by atoms with E-state index in [2.05, 4.69) is 0 Å². The van der Waals surface area contributed by atoms with Crippen LogP contribution in [0.2, 0.25) is 0 Å². The summed E-state index contributed by atoms with van der Waals surface area (Å²) >= 11 is 0. The highest BCUT2D eigenvalue weighted by molar-refractivity contribution is 5.54. The maximum atomic E-state index is 13.3. The predicted molar refractivity (Wildman–Crippen MR) is 73.4 cm³/mol. The van der Waals surface area contributed by atoms with Crippen LogP contribution in [0.15, 0.2) is 36.4 Å². The molecule has 2 aromatic rings. The Labute approximate surface area is 116 Å². The van der Waals surface area contributed by atoms with Gasteiger partial charge in [0.1, 0.15) is 17.2 Å². The lowest BCUT2D eigenvalue weighted by atomic mass is 9.86. The van der Waals surface area contributed by atoms with Crippen LogP contribution in [0, 0.1) is 5.82 Å². The smallest absolute Gasteiger partial charge is 0.129 e. The van der Waals surface area contributed by atoms with Crippen LogP contribution in [0.4, 0.5) is 4.39 Å². The minimum Gasteiger partial charge on any atom is -0.493 e. The molecule has 0 saturated heterocycles. The van der Waals surface area contributed by atoms with Crippen molar-refractivity contribution in [1.82, 2.24) is 0 Å². The van der Waals surface area contributed by atoms with E-state index in [1.807, 2.05) is 18.2 Å². The Balaban J connectivity index is 1.90. The number of aryl methyl sites for hydroxylation is 1. The maximum Gasteiger partial charge on any atom is 0.129 e. The number of para-hydroxylation sites is 1. The Bertz CT molecular complexity index is 695. The molecule has 1 aliphatic heterocycles. The van der Waals surface area contributed by atoms with Crippen molar-refractivity contribution in [3.63, 3.8) is 0 Å². The Morgan fingerprint density at radius 3 is 2.85 bits per heavy atom. The molecule has 0 fully saturated rings. The van der Waals surface area contributed by atoms with Crippen molar-refractivity contribution in [3.8, 4) is 5.75 Å². The van der Waals surface area contributed by atoms with Crippen LogP contribution >= 0.6 is 0 Å². The van der Waals surface area contributed by atoms with E-state index >= 15 is 0 Å². The van der Waals surface area contributed by atoms with Gasteiger partial charge in [-0.15, -0.1) is 0 Å². The van der Waals surface area contributed by atoms with E-state index in [9.17, 15) is 9.50 Å². The normalized spacial score (nSPS) is 23.3. The van der Waals surface area contributed by atoms with E-state index in [0.29, 0.717) is 19.4 Å². The SMILES string of the molecule is OC1(c2cccc3c2OCC3)CCc2cc(F)ccc21. The van der Waals surface area contributed by atoms with Gasteiger partial charge >= 0.3 is 0 Å². The molecule has 1 aliphatic carbocycles. The predicted octanol–water partition coefficient (Wildman–Crippen LogP) is 2.94. The van der Waals surface area contributed by atoms with Gasteiger partial charge in [-0.3, -0.25) is 0 Å². The molecule has 20 heavy (non-hydrogen) atoms. The Morgan fingerprint density at radius 2 is 1.95 bits per heavy atom. The van der Waals surface area contributed by atoms with Gasteiger partial charge in [0.05, 0.1) is 6.61 Å². The molecule has 0 bridgehead atoms. The molecule has 102 valence electrons. The number of fused-ring (bicyclic) bond motifs is 2. The molecular weight excluding hydrogens is 255 g/mol. The maximum absolute atomic E-state index is 13.3. The van der Waals surface area contributed by atoms with Gasteiger partial charge in [0.25, 0.3) is 0 Å². The van der Waals surface area contributed by atoms with Crippen molar-refractivity contribution in [2.45, 2.75) is 24.9 Å². The lowest BCUT2D eigenvalue weighted by molar-refractivity contribution is 0.0798. The Morgan fingerprint density at radius 1 is 1.05 bits per heavy atom. The van der Waals surface area contributed by atoms with Crippen LogP contribution in [0.5, 0.6) is 5.75 Å². The number of halogens is 1. The third kappa shape index (κ3) is 1.53. The van der Waals surface area contributed by atoms with Gasteiger partial charge in [0, 0.05) is 12.0 Å². The molecule has 1 heterocycles. The number of aliphatic hydroxyl groups is 1. The summed E-state index contributed by atoms with van der Waals surface area (Å²) in [6.45, 7) is 0.665. The van der Waals surface area contributed by atoms with Crippen LogP contribution < -0.4 is 4.74 Å². The molecule has 0 aromatic heterocycles. The standard InChI is InChI=1S/C17H15FO2/c18-13-4-5-14-12(10-13)6-8-17(14,19)15-3-1-2-11-7-9-20-16(11)15/h1-5,10,19H,6-9H2. The molecular formula is C17H15FO2. The van der Waals surface area contributed by atoms with Crippen molar-refractivity contribution in [1.29, 1.82) is 0 Å².